The third-order valence-electron chi connectivity index (χ3n) is 3.72. The number of rotatable bonds is 4. The number of nitrogens with zero attached hydrogens (tertiary/aromatic N) is 1. The lowest BCUT2D eigenvalue weighted by Gasteiger charge is -2.41. The van der Waals surface area contributed by atoms with Crippen LogP contribution in [0.5, 0.6) is 11.5 Å². The molecule has 1 aromatic carbocycles. The molecule has 0 unspecified atom stereocenters. The van der Waals surface area contributed by atoms with Crippen LogP contribution in [0.15, 0.2) is 18.2 Å². The number of carbonyl (C=O) groups is 2. The molecule has 1 N–H and O–H groups in total. The first-order valence-corrected chi connectivity index (χ1v) is 6.70. The normalized spacial score (nSPS) is 17.4. The lowest BCUT2D eigenvalue weighted by atomic mass is 9.97. The number of amides is 2. The Hall–Kier alpha value is -2.24. The van der Waals surface area contributed by atoms with Crippen LogP contribution < -0.4 is 14.8 Å². The van der Waals surface area contributed by atoms with Gasteiger partial charge >= 0.3 is 0 Å². The number of nitrogens with one attached hydrogen (secondary N) is 1. The van der Waals surface area contributed by atoms with Crippen molar-refractivity contribution in [3.63, 3.8) is 0 Å². The maximum atomic E-state index is 12.1. The van der Waals surface area contributed by atoms with Gasteiger partial charge in [-0.2, -0.15) is 0 Å². The summed E-state index contributed by atoms with van der Waals surface area (Å²) < 4.78 is 10.4. The van der Waals surface area contributed by atoms with Crippen molar-refractivity contribution in [2.75, 3.05) is 20.8 Å². The SMILES string of the molecule is COc1ccc(CN2C(=O)CNC(=O)C2(C)C)cc1OC. The van der Waals surface area contributed by atoms with Crippen molar-refractivity contribution in [2.24, 2.45) is 0 Å². The molecule has 1 heterocycles. The van der Waals surface area contributed by atoms with E-state index in [0.717, 1.165) is 5.56 Å². The molecule has 1 aromatic rings. The Kier molecular flexibility index (Phi) is 4.06. The van der Waals surface area contributed by atoms with Gasteiger partial charge in [0.05, 0.1) is 20.8 Å². The molecule has 0 aromatic heterocycles. The second kappa shape index (κ2) is 5.63. The summed E-state index contributed by atoms with van der Waals surface area (Å²) >= 11 is 0. The molecule has 6 heteroatoms. The van der Waals surface area contributed by atoms with Gasteiger partial charge in [0.1, 0.15) is 5.54 Å². The third kappa shape index (κ3) is 2.79. The molecule has 2 rings (SSSR count). The number of piperazine rings is 1. The smallest absolute Gasteiger partial charge is 0.245 e. The second-order valence-electron chi connectivity index (χ2n) is 5.41. The quantitative estimate of drug-likeness (QED) is 0.897. The van der Waals surface area contributed by atoms with Crippen LogP contribution >= 0.6 is 0 Å². The van der Waals surface area contributed by atoms with E-state index < -0.39 is 5.54 Å². The zero-order valence-corrected chi connectivity index (χ0v) is 12.7. The number of hydrogen-bond acceptors (Lipinski definition) is 4. The molecule has 1 saturated heterocycles. The van der Waals surface area contributed by atoms with Crippen molar-refractivity contribution in [1.29, 1.82) is 0 Å². The molecular formula is C15H20N2O4. The van der Waals surface area contributed by atoms with Gasteiger partial charge < -0.3 is 19.7 Å². The summed E-state index contributed by atoms with van der Waals surface area (Å²) in [7, 11) is 3.13. The average molecular weight is 292 g/mol. The number of benzene rings is 1. The molecule has 114 valence electrons. The minimum atomic E-state index is -0.873. The highest BCUT2D eigenvalue weighted by atomic mass is 16.5. The Morgan fingerprint density at radius 3 is 2.48 bits per heavy atom. The fourth-order valence-electron chi connectivity index (χ4n) is 2.35. The van der Waals surface area contributed by atoms with E-state index in [9.17, 15) is 9.59 Å². The summed E-state index contributed by atoms with van der Waals surface area (Å²) in [4.78, 5) is 25.6. The molecule has 1 aliphatic rings. The molecule has 0 radical (unpaired) electrons. The molecule has 0 spiro atoms. The standard InChI is InChI=1S/C15H20N2O4/c1-15(2)14(19)16-8-13(18)17(15)9-10-5-6-11(20-3)12(7-10)21-4/h5-7H,8-9H2,1-4H3,(H,16,19). The Balaban J connectivity index is 2.27. The van der Waals surface area contributed by atoms with E-state index in [1.807, 2.05) is 12.1 Å². The molecule has 0 bridgehead atoms. The number of ether oxygens (including phenoxy) is 2. The van der Waals surface area contributed by atoms with Crippen LogP contribution in [0.1, 0.15) is 19.4 Å². The van der Waals surface area contributed by atoms with Crippen molar-refractivity contribution in [3.8, 4) is 11.5 Å². The van der Waals surface area contributed by atoms with E-state index in [2.05, 4.69) is 5.32 Å². The number of methoxy groups -OCH3 is 2. The maximum absolute atomic E-state index is 12.1. The lowest BCUT2D eigenvalue weighted by Crippen LogP contribution is -2.63. The highest BCUT2D eigenvalue weighted by molar-refractivity contribution is 5.97. The molecule has 0 atom stereocenters. The highest BCUT2D eigenvalue weighted by Crippen LogP contribution is 2.29. The summed E-state index contributed by atoms with van der Waals surface area (Å²) in [6.45, 7) is 3.86. The molecule has 21 heavy (non-hydrogen) atoms. The first kappa shape index (κ1) is 15.2. The van der Waals surface area contributed by atoms with Gasteiger partial charge in [-0.1, -0.05) is 6.07 Å². The van der Waals surface area contributed by atoms with Gasteiger partial charge in [0.15, 0.2) is 11.5 Å². The topological polar surface area (TPSA) is 67.9 Å². The number of hydrogen-bond donors (Lipinski definition) is 1. The predicted molar refractivity (Wildman–Crippen MR) is 77.2 cm³/mol. The molecule has 1 fully saturated rings. The molecule has 6 nitrogen and oxygen atoms in total. The van der Waals surface area contributed by atoms with Gasteiger partial charge in [-0.05, 0) is 31.5 Å². The molecule has 0 saturated carbocycles. The molecule has 0 aliphatic carbocycles. The zero-order valence-electron chi connectivity index (χ0n) is 12.7. The van der Waals surface area contributed by atoms with E-state index in [-0.39, 0.29) is 18.4 Å². The fourth-order valence-corrected chi connectivity index (χ4v) is 2.35. The number of carbonyl (C=O) groups excluding carboxylic acids is 2. The Morgan fingerprint density at radius 2 is 1.86 bits per heavy atom. The summed E-state index contributed by atoms with van der Waals surface area (Å²) in [5.41, 5.74) is 0.00597. The Bertz CT molecular complexity index is 569. The van der Waals surface area contributed by atoms with Crippen molar-refractivity contribution < 1.29 is 19.1 Å². The zero-order chi connectivity index (χ0) is 15.6. The van der Waals surface area contributed by atoms with Gasteiger partial charge in [0, 0.05) is 6.54 Å². The highest BCUT2D eigenvalue weighted by Gasteiger charge is 2.41. The second-order valence-corrected chi connectivity index (χ2v) is 5.41. The molecular weight excluding hydrogens is 272 g/mol. The van der Waals surface area contributed by atoms with E-state index in [1.54, 1.807) is 39.0 Å². The average Bonchev–Trinajstić information content (AvgIpc) is 2.47. The molecule has 2 amide bonds. The molecule has 1 aliphatic heterocycles. The fraction of sp³-hybridized carbons (Fsp3) is 0.467. The van der Waals surface area contributed by atoms with Gasteiger partial charge in [0.2, 0.25) is 11.8 Å². The third-order valence-corrected chi connectivity index (χ3v) is 3.72. The first-order valence-electron chi connectivity index (χ1n) is 6.70. The minimum Gasteiger partial charge on any atom is -0.493 e. The van der Waals surface area contributed by atoms with Crippen LogP contribution in [0.2, 0.25) is 0 Å². The van der Waals surface area contributed by atoms with E-state index >= 15 is 0 Å². The lowest BCUT2D eigenvalue weighted by molar-refractivity contribution is -0.152. The largest absolute Gasteiger partial charge is 0.493 e. The van der Waals surface area contributed by atoms with E-state index in [4.69, 9.17) is 9.47 Å². The van der Waals surface area contributed by atoms with Crippen LogP contribution in [0.3, 0.4) is 0 Å². The Labute approximate surface area is 124 Å². The van der Waals surface area contributed by atoms with Crippen LogP contribution in [-0.2, 0) is 16.1 Å². The first-order chi connectivity index (χ1) is 9.90. The van der Waals surface area contributed by atoms with Gasteiger partial charge in [0.25, 0.3) is 0 Å². The van der Waals surface area contributed by atoms with Crippen molar-refractivity contribution in [1.82, 2.24) is 10.2 Å². The van der Waals surface area contributed by atoms with Crippen LogP contribution in [0, 0.1) is 0 Å². The van der Waals surface area contributed by atoms with E-state index in [1.165, 1.54) is 0 Å². The van der Waals surface area contributed by atoms with Crippen molar-refractivity contribution >= 4 is 11.8 Å². The maximum Gasteiger partial charge on any atom is 0.245 e. The minimum absolute atomic E-state index is 0.0373. The van der Waals surface area contributed by atoms with Gasteiger partial charge in [-0.3, -0.25) is 9.59 Å². The van der Waals surface area contributed by atoms with Gasteiger partial charge in [-0.15, -0.1) is 0 Å². The summed E-state index contributed by atoms with van der Waals surface area (Å²) in [5.74, 6) is 0.974. The van der Waals surface area contributed by atoms with Gasteiger partial charge in [-0.25, -0.2) is 0 Å². The summed E-state index contributed by atoms with van der Waals surface area (Å²) in [6, 6.07) is 5.46. The summed E-state index contributed by atoms with van der Waals surface area (Å²) in [6.07, 6.45) is 0. The van der Waals surface area contributed by atoms with Crippen molar-refractivity contribution in [2.45, 2.75) is 25.9 Å². The van der Waals surface area contributed by atoms with E-state index in [0.29, 0.717) is 18.0 Å². The van der Waals surface area contributed by atoms with Crippen LogP contribution in [0.25, 0.3) is 0 Å². The monoisotopic (exact) mass is 292 g/mol. The summed E-state index contributed by atoms with van der Waals surface area (Å²) in [5, 5.41) is 2.60. The Morgan fingerprint density at radius 1 is 1.19 bits per heavy atom. The van der Waals surface area contributed by atoms with Crippen LogP contribution in [-0.4, -0.2) is 43.0 Å². The van der Waals surface area contributed by atoms with Crippen LogP contribution in [0.4, 0.5) is 0 Å². The van der Waals surface area contributed by atoms with Crippen molar-refractivity contribution in [3.05, 3.63) is 23.8 Å². The predicted octanol–water partition coefficient (Wildman–Crippen LogP) is 0.941.